The first-order valence-corrected chi connectivity index (χ1v) is 8.03. The summed E-state index contributed by atoms with van der Waals surface area (Å²) in [6.07, 6.45) is -1.01. The molecule has 0 spiro atoms. The molecule has 1 aromatic carbocycles. The summed E-state index contributed by atoms with van der Waals surface area (Å²) in [6, 6.07) is 3.54. The van der Waals surface area contributed by atoms with Crippen LogP contribution in [0.5, 0.6) is 5.75 Å². The standard InChI is InChI=1S/C17H23FN2O5/c1-17(2,3)25-16(23)20-8-6-19(7-9-20)15(22)24-11-12-10-13(21)4-5-14(12)18/h4-5,10,21H,6-9,11H2,1-3H3. The Labute approximate surface area is 145 Å². The van der Waals surface area contributed by atoms with Gasteiger partial charge in [0.25, 0.3) is 0 Å². The van der Waals surface area contributed by atoms with E-state index in [2.05, 4.69) is 0 Å². The van der Waals surface area contributed by atoms with Crippen LogP contribution in [-0.2, 0) is 16.1 Å². The molecule has 0 radical (unpaired) electrons. The second kappa shape index (κ2) is 7.58. The number of benzene rings is 1. The van der Waals surface area contributed by atoms with E-state index in [1.807, 2.05) is 0 Å². The van der Waals surface area contributed by atoms with Gasteiger partial charge in [-0.3, -0.25) is 0 Å². The SMILES string of the molecule is CC(C)(C)OC(=O)N1CCN(C(=O)OCc2cc(O)ccc2F)CC1. The van der Waals surface area contributed by atoms with Gasteiger partial charge in [0.1, 0.15) is 23.8 Å². The molecule has 1 saturated heterocycles. The van der Waals surface area contributed by atoms with Crippen LogP contribution in [0.3, 0.4) is 0 Å². The number of carbonyl (C=O) groups excluding carboxylic acids is 2. The van der Waals surface area contributed by atoms with Crippen molar-refractivity contribution in [2.24, 2.45) is 0 Å². The van der Waals surface area contributed by atoms with Crippen LogP contribution in [-0.4, -0.2) is 58.9 Å². The van der Waals surface area contributed by atoms with Gasteiger partial charge < -0.3 is 24.4 Å². The van der Waals surface area contributed by atoms with Crippen LogP contribution in [0.2, 0.25) is 0 Å². The fraction of sp³-hybridized carbons (Fsp3) is 0.529. The van der Waals surface area contributed by atoms with Crippen molar-refractivity contribution in [2.45, 2.75) is 33.0 Å². The average molecular weight is 354 g/mol. The maximum absolute atomic E-state index is 13.6. The molecule has 8 heteroatoms. The second-order valence-corrected chi connectivity index (χ2v) is 6.78. The first kappa shape index (κ1) is 18.8. The molecule has 1 heterocycles. The first-order chi connectivity index (χ1) is 11.7. The number of rotatable bonds is 2. The van der Waals surface area contributed by atoms with E-state index in [1.54, 1.807) is 20.8 Å². The summed E-state index contributed by atoms with van der Waals surface area (Å²) < 4.78 is 23.9. The molecular formula is C17H23FN2O5. The van der Waals surface area contributed by atoms with E-state index in [9.17, 15) is 19.1 Å². The first-order valence-electron chi connectivity index (χ1n) is 8.03. The number of phenols is 1. The molecule has 138 valence electrons. The zero-order chi connectivity index (χ0) is 18.6. The number of piperazine rings is 1. The Morgan fingerprint density at radius 2 is 1.68 bits per heavy atom. The number of phenolic OH excluding ortho intramolecular Hbond substituents is 1. The summed E-state index contributed by atoms with van der Waals surface area (Å²) in [4.78, 5) is 27.0. The lowest BCUT2D eigenvalue weighted by Crippen LogP contribution is -2.51. The molecule has 1 N–H and O–H groups in total. The summed E-state index contributed by atoms with van der Waals surface area (Å²) in [6.45, 7) is 6.39. The van der Waals surface area contributed by atoms with Crippen molar-refractivity contribution in [1.29, 1.82) is 0 Å². The number of amides is 2. The molecule has 25 heavy (non-hydrogen) atoms. The summed E-state index contributed by atoms with van der Waals surface area (Å²) >= 11 is 0. The molecule has 0 aliphatic carbocycles. The normalized spacial score (nSPS) is 15.0. The maximum Gasteiger partial charge on any atom is 0.410 e. The van der Waals surface area contributed by atoms with Gasteiger partial charge in [0, 0.05) is 31.7 Å². The third kappa shape index (κ3) is 5.51. The lowest BCUT2D eigenvalue weighted by atomic mass is 10.2. The predicted octanol–water partition coefficient (Wildman–Crippen LogP) is 2.72. The lowest BCUT2D eigenvalue weighted by molar-refractivity contribution is 0.0124. The van der Waals surface area contributed by atoms with Crippen LogP contribution in [0.1, 0.15) is 26.3 Å². The van der Waals surface area contributed by atoms with Crippen molar-refractivity contribution in [2.75, 3.05) is 26.2 Å². The summed E-state index contributed by atoms with van der Waals surface area (Å²) in [7, 11) is 0. The van der Waals surface area contributed by atoms with E-state index in [-0.39, 0.29) is 17.9 Å². The van der Waals surface area contributed by atoms with Crippen LogP contribution in [0.4, 0.5) is 14.0 Å². The van der Waals surface area contributed by atoms with Gasteiger partial charge in [-0.25, -0.2) is 14.0 Å². The highest BCUT2D eigenvalue weighted by Crippen LogP contribution is 2.17. The summed E-state index contributed by atoms with van der Waals surface area (Å²) in [5, 5.41) is 9.35. The van der Waals surface area contributed by atoms with Gasteiger partial charge >= 0.3 is 12.2 Å². The van der Waals surface area contributed by atoms with Crippen molar-refractivity contribution in [3.63, 3.8) is 0 Å². The maximum atomic E-state index is 13.6. The van der Waals surface area contributed by atoms with Gasteiger partial charge in [-0.15, -0.1) is 0 Å². The molecule has 2 rings (SSSR count). The molecule has 0 unspecified atom stereocenters. The predicted molar refractivity (Wildman–Crippen MR) is 87.6 cm³/mol. The Kier molecular flexibility index (Phi) is 5.71. The monoisotopic (exact) mass is 354 g/mol. The Hall–Kier alpha value is -2.51. The van der Waals surface area contributed by atoms with Crippen LogP contribution in [0.15, 0.2) is 18.2 Å². The van der Waals surface area contributed by atoms with Crippen LogP contribution in [0, 0.1) is 5.82 Å². The molecule has 1 fully saturated rings. The van der Waals surface area contributed by atoms with Crippen molar-refractivity contribution < 1.29 is 28.6 Å². The van der Waals surface area contributed by atoms with E-state index in [0.29, 0.717) is 26.2 Å². The van der Waals surface area contributed by atoms with E-state index in [0.717, 1.165) is 6.07 Å². The Morgan fingerprint density at radius 3 is 2.24 bits per heavy atom. The molecular weight excluding hydrogens is 331 g/mol. The minimum absolute atomic E-state index is 0.0979. The zero-order valence-electron chi connectivity index (χ0n) is 14.6. The van der Waals surface area contributed by atoms with Crippen molar-refractivity contribution in [3.05, 3.63) is 29.6 Å². The summed E-state index contributed by atoms with van der Waals surface area (Å²) in [5.41, 5.74) is -0.473. The molecule has 0 saturated carbocycles. The molecule has 7 nitrogen and oxygen atoms in total. The lowest BCUT2D eigenvalue weighted by Gasteiger charge is -2.35. The number of aromatic hydroxyl groups is 1. The molecule has 0 atom stereocenters. The third-order valence-electron chi connectivity index (χ3n) is 3.57. The van der Waals surface area contributed by atoms with E-state index >= 15 is 0 Å². The fourth-order valence-corrected chi connectivity index (χ4v) is 2.30. The van der Waals surface area contributed by atoms with Crippen LogP contribution < -0.4 is 0 Å². The van der Waals surface area contributed by atoms with Crippen molar-refractivity contribution >= 4 is 12.2 Å². The topological polar surface area (TPSA) is 79.3 Å². The molecule has 0 aromatic heterocycles. The molecule has 1 aromatic rings. The number of carbonyl (C=O) groups is 2. The van der Waals surface area contributed by atoms with Gasteiger partial charge in [-0.2, -0.15) is 0 Å². The number of halogens is 1. The van der Waals surface area contributed by atoms with Crippen LogP contribution >= 0.6 is 0 Å². The van der Waals surface area contributed by atoms with Crippen molar-refractivity contribution in [1.82, 2.24) is 9.80 Å². The Bertz CT molecular complexity index is 636. The van der Waals surface area contributed by atoms with Crippen molar-refractivity contribution in [3.8, 4) is 5.75 Å². The largest absolute Gasteiger partial charge is 0.508 e. The smallest absolute Gasteiger partial charge is 0.410 e. The van der Waals surface area contributed by atoms with Crippen LogP contribution in [0.25, 0.3) is 0 Å². The second-order valence-electron chi connectivity index (χ2n) is 6.78. The molecule has 1 aliphatic heterocycles. The number of ether oxygens (including phenoxy) is 2. The van der Waals surface area contributed by atoms with E-state index in [1.165, 1.54) is 21.9 Å². The number of hydrogen-bond acceptors (Lipinski definition) is 5. The van der Waals surface area contributed by atoms with Gasteiger partial charge in [0.05, 0.1) is 0 Å². The minimum Gasteiger partial charge on any atom is -0.508 e. The summed E-state index contributed by atoms with van der Waals surface area (Å²) in [5.74, 6) is -0.654. The Morgan fingerprint density at radius 1 is 1.12 bits per heavy atom. The Balaban J connectivity index is 1.81. The molecule has 1 aliphatic rings. The molecule has 2 amide bonds. The molecule has 0 bridgehead atoms. The van der Waals surface area contributed by atoms with Gasteiger partial charge in [-0.1, -0.05) is 0 Å². The highest BCUT2D eigenvalue weighted by atomic mass is 19.1. The van der Waals surface area contributed by atoms with Gasteiger partial charge in [-0.05, 0) is 39.0 Å². The fourth-order valence-electron chi connectivity index (χ4n) is 2.30. The highest BCUT2D eigenvalue weighted by molar-refractivity contribution is 5.70. The third-order valence-corrected chi connectivity index (χ3v) is 3.57. The van der Waals surface area contributed by atoms with Gasteiger partial charge in [0.15, 0.2) is 0 Å². The number of nitrogens with zero attached hydrogens (tertiary/aromatic N) is 2. The minimum atomic E-state index is -0.591. The number of hydrogen-bond donors (Lipinski definition) is 1. The van der Waals surface area contributed by atoms with E-state index in [4.69, 9.17) is 9.47 Å². The quantitative estimate of drug-likeness (QED) is 0.883. The highest BCUT2D eigenvalue weighted by Gasteiger charge is 2.28. The average Bonchev–Trinajstić information content (AvgIpc) is 2.54. The van der Waals surface area contributed by atoms with E-state index < -0.39 is 23.6 Å². The van der Waals surface area contributed by atoms with Gasteiger partial charge in [0.2, 0.25) is 0 Å². The zero-order valence-corrected chi connectivity index (χ0v) is 14.6.